The lowest BCUT2D eigenvalue weighted by molar-refractivity contribution is -0.123. The summed E-state index contributed by atoms with van der Waals surface area (Å²) in [5, 5.41) is 6.60. The first-order valence-electron chi connectivity index (χ1n) is 10.1. The highest BCUT2D eigenvalue weighted by atomic mass is 16.5. The number of H-pyrrole nitrogens is 1. The Balaban J connectivity index is 1.61. The van der Waals surface area contributed by atoms with Crippen LogP contribution in [0.5, 0.6) is 5.75 Å². The molecule has 0 saturated heterocycles. The van der Waals surface area contributed by atoms with Gasteiger partial charge in [-0.25, -0.2) is 15.2 Å². The average molecular weight is 435 g/mol. The van der Waals surface area contributed by atoms with Crippen molar-refractivity contribution in [2.75, 3.05) is 6.61 Å². The predicted molar refractivity (Wildman–Crippen MR) is 119 cm³/mol. The van der Waals surface area contributed by atoms with Crippen LogP contribution in [0.25, 0.3) is 0 Å². The number of imidazole rings is 1. The van der Waals surface area contributed by atoms with Crippen LogP contribution >= 0.6 is 0 Å². The van der Waals surface area contributed by atoms with Crippen molar-refractivity contribution < 1.29 is 19.1 Å². The Hall–Kier alpha value is -4.14. The van der Waals surface area contributed by atoms with Crippen molar-refractivity contribution in [1.29, 1.82) is 0 Å². The van der Waals surface area contributed by atoms with E-state index < -0.39 is 18.0 Å². The number of amides is 2. The normalized spacial score (nSPS) is 11.7. The van der Waals surface area contributed by atoms with Crippen LogP contribution in [0, 0.1) is 0 Å². The number of aromatic nitrogens is 2. The lowest BCUT2D eigenvalue weighted by atomic mass is 10.1. The molecule has 3 rings (SSSR count). The van der Waals surface area contributed by atoms with Gasteiger partial charge >= 0.3 is 6.09 Å². The van der Waals surface area contributed by atoms with Crippen LogP contribution in [0.3, 0.4) is 0 Å². The number of benzene rings is 2. The smallest absolute Gasteiger partial charge is 0.408 e. The fourth-order valence-electron chi connectivity index (χ4n) is 2.85. The predicted octanol–water partition coefficient (Wildman–Crippen LogP) is 2.80. The van der Waals surface area contributed by atoms with Crippen LogP contribution in [0.2, 0.25) is 0 Å². The van der Waals surface area contributed by atoms with Crippen molar-refractivity contribution in [2.45, 2.75) is 26.0 Å². The molecule has 0 radical (unpaired) electrons. The van der Waals surface area contributed by atoms with Gasteiger partial charge in [0.1, 0.15) is 18.4 Å². The Morgan fingerprint density at radius 3 is 2.69 bits per heavy atom. The molecule has 9 nitrogen and oxygen atoms in total. The van der Waals surface area contributed by atoms with Gasteiger partial charge in [-0.1, -0.05) is 42.5 Å². The Labute approximate surface area is 185 Å². The van der Waals surface area contributed by atoms with E-state index >= 15 is 0 Å². The van der Waals surface area contributed by atoms with Crippen LogP contribution in [0.15, 0.2) is 72.2 Å². The molecule has 0 saturated carbocycles. The van der Waals surface area contributed by atoms with Gasteiger partial charge in [-0.2, -0.15) is 5.10 Å². The van der Waals surface area contributed by atoms with E-state index in [9.17, 15) is 9.59 Å². The number of rotatable bonds is 10. The summed E-state index contributed by atoms with van der Waals surface area (Å²) in [6, 6.07) is 15.7. The largest absolute Gasteiger partial charge is 0.493 e. The number of hydrogen-bond acceptors (Lipinski definition) is 6. The second kappa shape index (κ2) is 11.9. The molecule has 0 spiro atoms. The number of nitrogens with zero attached hydrogens (tertiary/aromatic N) is 2. The summed E-state index contributed by atoms with van der Waals surface area (Å²) in [4.78, 5) is 31.9. The van der Waals surface area contributed by atoms with Crippen LogP contribution in [0.1, 0.15) is 23.7 Å². The number of para-hydroxylation sites is 1. The van der Waals surface area contributed by atoms with Crippen molar-refractivity contribution in [3.05, 3.63) is 83.9 Å². The molecule has 0 aliphatic heterocycles. The molecule has 0 aliphatic carbocycles. The van der Waals surface area contributed by atoms with Gasteiger partial charge in [-0.05, 0) is 24.6 Å². The fraction of sp³-hybridized carbons (Fsp3) is 0.217. The molecule has 1 aromatic heterocycles. The molecule has 0 bridgehead atoms. The fourth-order valence-corrected chi connectivity index (χ4v) is 2.85. The molecule has 9 heteroatoms. The van der Waals surface area contributed by atoms with E-state index in [1.807, 2.05) is 61.5 Å². The topological polar surface area (TPSA) is 118 Å². The van der Waals surface area contributed by atoms with Gasteiger partial charge in [0.25, 0.3) is 5.91 Å². The minimum Gasteiger partial charge on any atom is -0.493 e. The first-order valence-corrected chi connectivity index (χ1v) is 10.1. The van der Waals surface area contributed by atoms with Gasteiger partial charge in [0, 0.05) is 23.9 Å². The third-order valence-electron chi connectivity index (χ3n) is 4.40. The first-order chi connectivity index (χ1) is 15.7. The summed E-state index contributed by atoms with van der Waals surface area (Å²) in [6.45, 7) is 2.49. The number of hydrogen-bond donors (Lipinski definition) is 3. The van der Waals surface area contributed by atoms with Crippen molar-refractivity contribution in [3.8, 4) is 5.75 Å². The number of hydrazone groups is 1. The molecule has 2 amide bonds. The molecular formula is C23H25N5O4. The standard InChI is InChI=1S/C23H25N5O4/c1-2-31-21-11-7-6-10-18(21)13-26-28-22(29)20(12-19-14-24-16-25-19)27-23(30)32-15-17-8-4-3-5-9-17/h3-11,13-14,16,20H,2,12,15H2,1H3,(H,24,25)(H,27,30)(H,28,29)/b26-13-/t20-/m0/s1. The van der Waals surface area contributed by atoms with Crippen LogP contribution in [-0.4, -0.2) is 40.8 Å². The van der Waals surface area contributed by atoms with E-state index in [1.54, 1.807) is 6.20 Å². The van der Waals surface area contributed by atoms with E-state index in [4.69, 9.17) is 9.47 Å². The second-order valence-electron chi connectivity index (χ2n) is 6.74. The number of carbonyl (C=O) groups is 2. The van der Waals surface area contributed by atoms with Crippen molar-refractivity contribution in [2.24, 2.45) is 5.10 Å². The van der Waals surface area contributed by atoms with E-state index in [0.717, 1.165) is 11.1 Å². The lowest BCUT2D eigenvalue weighted by Crippen LogP contribution is -2.47. The average Bonchev–Trinajstić information content (AvgIpc) is 3.32. The van der Waals surface area contributed by atoms with Gasteiger partial charge in [-0.3, -0.25) is 4.79 Å². The Kier molecular flexibility index (Phi) is 8.38. The molecule has 0 aliphatic rings. The highest BCUT2D eigenvalue weighted by Crippen LogP contribution is 2.15. The maximum absolute atomic E-state index is 12.7. The molecule has 0 unspecified atom stereocenters. The summed E-state index contributed by atoms with van der Waals surface area (Å²) in [5.74, 6) is 0.158. The van der Waals surface area contributed by atoms with Crippen molar-refractivity contribution in [1.82, 2.24) is 20.7 Å². The van der Waals surface area contributed by atoms with E-state index in [2.05, 4.69) is 25.8 Å². The number of carbonyl (C=O) groups excluding carboxylic acids is 2. The minimum absolute atomic E-state index is 0.0947. The Bertz CT molecular complexity index is 1020. The van der Waals surface area contributed by atoms with E-state index in [1.165, 1.54) is 12.5 Å². The maximum Gasteiger partial charge on any atom is 0.408 e. The monoisotopic (exact) mass is 435 g/mol. The van der Waals surface area contributed by atoms with Crippen LogP contribution in [-0.2, 0) is 22.6 Å². The third-order valence-corrected chi connectivity index (χ3v) is 4.40. The zero-order valence-electron chi connectivity index (χ0n) is 17.7. The summed E-state index contributed by atoms with van der Waals surface area (Å²) >= 11 is 0. The van der Waals surface area contributed by atoms with E-state index in [0.29, 0.717) is 18.1 Å². The van der Waals surface area contributed by atoms with Gasteiger partial charge in [0.2, 0.25) is 0 Å². The van der Waals surface area contributed by atoms with E-state index in [-0.39, 0.29) is 13.0 Å². The number of ether oxygens (including phenoxy) is 2. The first kappa shape index (κ1) is 22.5. The zero-order valence-corrected chi connectivity index (χ0v) is 17.7. The third kappa shape index (κ3) is 6.98. The number of aromatic amines is 1. The molecule has 2 aromatic carbocycles. The van der Waals surface area contributed by atoms with Gasteiger partial charge in [-0.15, -0.1) is 0 Å². The molecule has 166 valence electrons. The molecule has 1 atom stereocenters. The lowest BCUT2D eigenvalue weighted by Gasteiger charge is -2.16. The van der Waals surface area contributed by atoms with Gasteiger partial charge in [0.05, 0.1) is 19.1 Å². The van der Waals surface area contributed by atoms with Gasteiger partial charge < -0.3 is 19.8 Å². The highest BCUT2D eigenvalue weighted by molar-refractivity contribution is 5.88. The van der Waals surface area contributed by atoms with Crippen LogP contribution in [0.4, 0.5) is 4.79 Å². The summed E-state index contributed by atoms with van der Waals surface area (Å²) in [5.41, 5.74) is 4.70. The number of nitrogens with one attached hydrogen (secondary N) is 3. The summed E-state index contributed by atoms with van der Waals surface area (Å²) < 4.78 is 10.8. The molecule has 1 heterocycles. The Morgan fingerprint density at radius 1 is 1.16 bits per heavy atom. The highest BCUT2D eigenvalue weighted by Gasteiger charge is 2.22. The minimum atomic E-state index is -0.919. The zero-order chi connectivity index (χ0) is 22.6. The second-order valence-corrected chi connectivity index (χ2v) is 6.74. The number of alkyl carbamates (subject to hydrolysis) is 1. The molecule has 3 aromatic rings. The summed E-state index contributed by atoms with van der Waals surface area (Å²) in [6.07, 6.45) is 4.06. The summed E-state index contributed by atoms with van der Waals surface area (Å²) in [7, 11) is 0. The molecule has 3 N–H and O–H groups in total. The van der Waals surface area contributed by atoms with Gasteiger partial charge in [0.15, 0.2) is 0 Å². The quantitative estimate of drug-likeness (QED) is 0.334. The maximum atomic E-state index is 12.7. The molecule has 0 fully saturated rings. The Morgan fingerprint density at radius 2 is 1.94 bits per heavy atom. The molecular weight excluding hydrogens is 410 g/mol. The van der Waals surface area contributed by atoms with Crippen molar-refractivity contribution >= 4 is 18.2 Å². The van der Waals surface area contributed by atoms with Crippen molar-refractivity contribution in [3.63, 3.8) is 0 Å². The molecule has 32 heavy (non-hydrogen) atoms. The SMILES string of the molecule is CCOc1ccccc1/C=N\NC(=O)[C@H](Cc1cnc[nH]1)NC(=O)OCc1ccccc1. The van der Waals surface area contributed by atoms with Crippen LogP contribution < -0.4 is 15.5 Å².